The molecule has 0 aromatic carbocycles. The Morgan fingerprint density at radius 3 is 2.55 bits per heavy atom. The summed E-state index contributed by atoms with van der Waals surface area (Å²) >= 11 is 0. The van der Waals surface area contributed by atoms with Gasteiger partial charge in [0.05, 0.1) is 13.0 Å². The van der Waals surface area contributed by atoms with Crippen molar-refractivity contribution in [2.24, 2.45) is 16.8 Å². The van der Waals surface area contributed by atoms with Gasteiger partial charge in [0.25, 0.3) is 0 Å². The maximum Gasteiger partial charge on any atom is 0.310 e. The normalized spacial score (nSPS) is 22.9. The van der Waals surface area contributed by atoms with Gasteiger partial charge in [-0.1, -0.05) is 6.92 Å². The second-order valence-electron chi connectivity index (χ2n) is 7.36. The fourth-order valence-electron chi connectivity index (χ4n) is 3.88. The molecule has 0 bridgehead atoms. The number of ether oxygens (including phenoxy) is 1. The van der Waals surface area contributed by atoms with Crippen molar-refractivity contribution in [2.45, 2.75) is 6.92 Å². The van der Waals surface area contributed by atoms with Gasteiger partial charge in [-0.3, -0.25) is 14.7 Å². The van der Waals surface area contributed by atoms with Crippen molar-refractivity contribution in [3.05, 3.63) is 18.5 Å². The summed E-state index contributed by atoms with van der Waals surface area (Å²) in [6.07, 6.45) is 3.57. The number of guanidine groups is 1. The number of carbonyl (C=O) groups excluding carboxylic acids is 1. The number of likely N-dealkylation sites (tertiary alicyclic amines) is 1. The van der Waals surface area contributed by atoms with E-state index < -0.39 is 0 Å². The number of nitrogens with one attached hydrogen (secondary N) is 1. The molecule has 2 fully saturated rings. The Hall–Kier alpha value is -1.69. The van der Waals surface area contributed by atoms with E-state index in [-0.39, 0.29) is 41.8 Å². The van der Waals surface area contributed by atoms with Gasteiger partial charge in [0.2, 0.25) is 5.95 Å². The van der Waals surface area contributed by atoms with Gasteiger partial charge in [-0.2, -0.15) is 0 Å². The second kappa shape index (κ2) is 11.5. The predicted molar refractivity (Wildman–Crippen MR) is 124 cm³/mol. The molecule has 0 saturated carbocycles. The third kappa shape index (κ3) is 6.14. The molecule has 9 nitrogen and oxygen atoms in total. The molecule has 1 aromatic rings. The average Bonchev–Trinajstić information content (AvgIpc) is 3.13. The molecule has 3 rings (SSSR count). The Morgan fingerprint density at radius 1 is 1.24 bits per heavy atom. The van der Waals surface area contributed by atoms with E-state index in [4.69, 9.17) is 4.74 Å². The van der Waals surface area contributed by atoms with Crippen LogP contribution in [0.25, 0.3) is 0 Å². The highest BCUT2D eigenvalue weighted by Crippen LogP contribution is 2.24. The minimum atomic E-state index is -0.134. The summed E-state index contributed by atoms with van der Waals surface area (Å²) in [7, 11) is 3.24. The maximum absolute atomic E-state index is 11.9. The quantitative estimate of drug-likeness (QED) is 0.262. The van der Waals surface area contributed by atoms with E-state index in [2.05, 4.69) is 41.9 Å². The van der Waals surface area contributed by atoms with E-state index in [1.807, 2.05) is 6.07 Å². The molecule has 2 aliphatic rings. The fraction of sp³-hybridized carbons (Fsp3) is 0.684. The first kappa shape index (κ1) is 23.6. The van der Waals surface area contributed by atoms with Crippen LogP contribution in [0.1, 0.15) is 6.92 Å². The lowest BCUT2D eigenvalue weighted by Gasteiger charge is -2.34. The molecule has 2 unspecified atom stereocenters. The van der Waals surface area contributed by atoms with Crippen molar-refractivity contribution in [2.75, 3.05) is 71.4 Å². The molecule has 2 saturated heterocycles. The Kier molecular flexibility index (Phi) is 9.34. The topological polar surface area (TPSA) is 86.2 Å². The number of hydrogen-bond donors (Lipinski definition) is 1. The highest BCUT2D eigenvalue weighted by atomic mass is 127. The summed E-state index contributed by atoms with van der Waals surface area (Å²) < 4.78 is 4.92. The standard InChI is InChI=1S/C19H31N7O2.HI/c1-15-13-26(14-16(15)17(27)28-3)18(20-2)23-7-8-24-9-11-25(12-10-24)19-21-5-4-6-22-19;/h4-6,15-16H,7-14H2,1-3H3,(H,20,23);1H. The minimum absolute atomic E-state index is 0. The predicted octanol–water partition coefficient (Wildman–Crippen LogP) is 0.533. The van der Waals surface area contributed by atoms with Crippen LogP contribution >= 0.6 is 24.0 Å². The molecular formula is C19H32IN7O2. The Labute approximate surface area is 189 Å². The van der Waals surface area contributed by atoms with Crippen molar-refractivity contribution < 1.29 is 9.53 Å². The third-order valence-electron chi connectivity index (χ3n) is 5.55. The highest BCUT2D eigenvalue weighted by molar-refractivity contribution is 14.0. The van der Waals surface area contributed by atoms with E-state index in [0.717, 1.165) is 57.7 Å². The third-order valence-corrected chi connectivity index (χ3v) is 5.55. The molecule has 0 radical (unpaired) electrons. The lowest BCUT2D eigenvalue weighted by atomic mass is 9.99. The number of rotatable bonds is 5. The van der Waals surface area contributed by atoms with Gasteiger partial charge in [0.15, 0.2) is 5.96 Å². The van der Waals surface area contributed by atoms with Crippen LogP contribution in [0, 0.1) is 11.8 Å². The first-order valence-electron chi connectivity index (χ1n) is 9.90. The number of aliphatic imine (C=N–C) groups is 1. The molecule has 2 atom stereocenters. The van der Waals surface area contributed by atoms with Crippen LogP contribution in [0.2, 0.25) is 0 Å². The molecular weight excluding hydrogens is 485 g/mol. The van der Waals surface area contributed by atoms with Crippen LogP contribution < -0.4 is 10.2 Å². The second-order valence-corrected chi connectivity index (χ2v) is 7.36. The number of nitrogens with zero attached hydrogens (tertiary/aromatic N) is 6. The first-order chi connectivity index (χ1) is 13.6. The summed E-state index contributed by atoms with van der Waals surface area (Å²) in [4.78, 5) is 31.8. The van der Waals surface area contributed by atoms with E-state index >= 15 is 0 Å². The van der Waals surface area contributed by atoms with Crippen molar-refractivity contribution >= 4 is 41.9 Å². The summed E-state index contributed by atoms with van der Waals surface area (Å²) in [5.74, 6) is 1.71. The van der Waals surface area contributed by atoms with Gasteiger partial charge >= 0.3 is 5.97 Å². The van der Waals surface area contributed by atoms with Crippen molar-refractivity contribution in [1.82, 2.24) is 25.1 Å². The Balaban J connectivity index is 0.00000300. The number of hydrogen-bond acceptors (Lipinski definition) is 7. The monoisotopic (exact) mass is 517 g/mol. The van der Waals surface area contributed by atoms with Crippen LogP contribution in [-0.4, -0.2) is 98.2 Å². The van der Waals surface area contributed by atoms with Gasteiger partial charge in [0, 0.05) is 71.8 Å². The van der Waals surface area contributed by atoms with Crippen molar-refractivity contribution in [3.8, 4) is 0 Å². The van der Waals surface area contributed by atoms with Crippen molar-refractivity contribution in [3.63, 3.8) is 0 Å². The number of methoxy groups -OCH3 is 1. The highest BCUT2D eigenvalue weighted by Gasteiger charge is 2.36. The van der Waals surface area contributed by atoms with Crippen LogP contribution in [0.15, 0.2) is 23.5 Å². The molecule has 0 spiro atoms. The number of piperazine rings is 1. The van der Waals surface area contributed by atoms with Crippen LogP contribution in [0.4, 0.5) is 5.95 Å². The molecule has 3 heterocycles. The van der Waals surface area contributed by atoms with Crippen LogP contribution in [-0.2, 0) is 9.53 Å². The number of aromatic nitrogens is 2. The van der Waals surface area contributed by atoms with E-state index in [9.17, 15) is 4.79 Å². The van der Waals surface area contributed by atoms with Crippen LogP contribution in [0.5, 0.6) is 0 Å². The molecule has 1 N–H and O–H groups in total. The maximum atomic E-state index is 11.9. The lowest BCUT2D eigenvalue weighted by Crippen LogP contribution is -2.50. The summed E-state index contributed by atoms with van der Waals surface area (Å²) in [6.45, 7) is 9.18. The number of halogens is 1. The smallest absolute Gasteiger partial charge is 0.310 e. The zero-order chi connectivity index (χ0) is 19.9. The van der Waals surface area contributed by atoms with E-state index in [0.29, 0.717) is 6.54 Å². The van der Waals surface area contributed by atoms with Gasteiger partial charge in [-0.15, -0.1) is 24.0 Å². The molecule has 29 heavy (non-hydrogen) atoms. The Bertz CT molecular complexity index is 668. The van der Waals surface area contributed by atoms with E-state index in [1.54, 1.807) is 19.4 Å². The fourth-order valence-corrected chi connectivity index (χ4v) is 3.88. The zero-order valence-corrected chi connectivity index (χ0v) is 19.8. The number of carbonyl (C=O) groups is 1. The zero-order valence-electron chi connectivity index (χ0n) is 17.5. The molecule has 0 aliphatic carbocycles. The number of anilines is 1. The summed E-state index contributed by atoms with van der Waals surface area (Å²) in [5.41, 5.74) is 0. The van der Waals surface area contributed by atoms with Gasteiger partial charge in [0.1, 0.15) is 0 Å². The number of esters is 1. The molecule has 2 aliphatic heterocycles. The molecule has 162 valence electrons. The first-order valence-corrected chi connectivity index (χ1v) is 9.90. The van der Waals surface area contributed by atoms with Crippen molar-refractivity contribution in [1.29, 1.82) is 0 Å². The van der Waals surface area contributed by atoms with Gasteiger partial charge < -0.3 is 19.9 Å². The van der Waals surface area contributed by atoms with Crippen LogP contribution in [0.3, 0.4) is 0 Å². The minimum Gasteiger partial charge on any atom is -0.469 e. The largest absolute Gasteiger partial charge is 0.469 e. The van der Waals surface area contributed by atoms with Gasteiger partial charge in [-0.05, 0) is 12.0 Å². The average molecular weight is 517 g/mol. The lowest BCUT2D eigenvalue weighted by molar-refractivity contribution is -0.145. The summed E-state index contributed by atoms with van der Waals surface area (Å²) in [5, 5.41) is 3.44. The molecule has 10 heteroatoms. The summed E-state index contributed by atoms with van der Waals surface area (Å²) in [6, 6.07) is 1.84. The Morgan fingerprint density at radius 2 is 1.93 bits per heavy atom. The van der Waals surface area contributed by atoms with Gasteiger partial charge in [-0.25, -0.2) is 9.97 Å². The molecule has 0 amide bonds. The SMILES string of the molecule is CN=C(NCCN1CCN(c2ncccn2)CC1)N1CC(C)C(C(=O)OC)C1.I. The van der Waals surface area contributed by atoms with E-state index in [1.165, 1.54) is 7.11 Å². The molecule has 1 aromatic heterocycles.